The van der Waals surface area contributed by atoms with Gasteiger partial charge in [-0.25, -0.2) is 4.57 Å². The lowest BCUT2D eigenvalue weighted by atomic mass is 10.0. The van der Waals surface area contributed by atoms with Crippen LogP contribution in [-0.2, 0) is 27.9 Å². The summed E-state index contributed by atoms with van der Waals surface area (Å²) in [5, 5.41) is 18.4. The van der Waals surface area contributed by atoms with Crippen molar-refractivity contribution in [3.05, 3.63) is 60.8 Å². The van der Waals surface area contributed by atoms with Gasteiger partial charge in [-0.05, 0) is 57.8 Å². The molecule has 0 aliphatic heterocycles. The van der Waals surface area contributed by atoms with Gasteiger partial charge in [-0.15, -0.1) is 0 Å². The molecular weight excluding hydrogens is 751 g/mol. The van der Waals surface area contributed by atoms with Crippen molar-refractivity contribution in [1.29, 1.82) is 0 Å². The van der Waals surface area contributed by atoms with Crippen molar-refractivity contribution < 1.29 is 43.0 Å². The maximum Gasteiger partial charge on any atom is 0.472 e. The molecule has 3 N–H and O–H groups in total. The number of esters is 1. The molecule has 0 heterocycles. The minimum absolute atomic E-state index is 0.0388. The smallest absolute Gasteiger partial charge is 0.457 e. The first-order chi connectivity index (χ1) is 28.3. The van der Waals surface area contributed by atoms with Gasteiger partial charge < -0.3 is 24.6 Å². The Morgan fingerprint density at radius 2 is 0.983 bits per heavy atom. The van der Waals surface area contributed by atoms with Crippen LogP contribution in [0.25, 0.3) is 0 Å². The highest BCUT2D eigenvalue weighted by molar-refractivity contribution is 7.47. The number of carbonyl (C=O) groups excluding carboxylic acids is 1. The van der Waals surface area contributed by atoms with Gasteiger partial charge in [0.1, 0.15) is 12.2 Å². The predicted molar refractivity (Wildman–Crippen MR) is 242 cm³/mol. The number of aliphatic hydroxyl groups excluding tert-OH is 2. The molecule has 58 heavy (non-hydrogen) atoms. The average Bonchev–Trinajstić information content (AvgIpc) is 3.21. The van der Waals surface area contributed by atoms with Crippen LogP contribution in [0.3, 0.4) is 0 Å². The Hall–Kier alpha value is -1.84. The van der Waals surface area contributed by atoms with Crippen LogP contribution in [0.1, 0.15) is 194 Å². The molecule has 0 aromatic heterocycles. The molecule has 9 nitrogen and oxygen atoms in total. The minimum Gasteiger partial charge on any atom is -0.457 e. The normalized spacial score (nSPS) is 14.5. The number of hydrogen-bond acceptors (Lipinski definition) is 8. The third-order valence-corrected chi connectivity index (χ3v) is 10.7. The van der Waals surface area contributed by atoms with Gasteiger partial charge in [0.15, 0.2) is 0 Å². The van der Waals surface area contributed by atoms with Gasteiger partial charge in [0.2, 0.25) is 0 Å². The first-order valence-electron chi connectivity index (χ1n) is 23.3. The van der Waals surface area contributed by atoms with Crippen LogP contribution in [0, 0.1) is 0 Å². The molecule has 0 aliphatic carbocycles. The van der Waals surface area contributed by atoms with Crippen molar-refractivity contribution in [2.24, 2.45) is 0 Å². The number of ether oxygens (including phenoxy) is 2. The zero-order valence-corrected chi connectivity index (χ0v) is 37.9. The van der Waals surface area contributed by atoms with Crippen LogP contribution in [0.15, 0.2) is 60.8 Å². The van der Waals surface area contributed by atoms with Crippen LogP contribution in [0.2, 0.25) is 0 Å². The number of aliphatic hydroxyl groups is 2. The van der Waals surface area contributed by atoms with E-state index < -0.39 is 33.2 Å². The lowest BCUT2D eigenvalue weighted by molar-refractivity contribution is -0.154. The Labute approximate surface area is 355 Å². The first-order valence-corrected chi connectivity index (χ1v) is 24.8. The summed E-state index contributed by atoms with van der Waals surface area (Å²) in [6, 6.07) is 0. The highest BCUT2D eigenvalue weighted by Gasteiger charge is 2.26. The topological polar surface area (TPSA) is 132 Å². The molecule has 0 saturated carbocycles. The van der Waals surface area contributed by atoms with E-state index >= 15 is 0 Å². The van der Waals surface area contributed by atoms with E-state index in [-0.39, 0.29) is 25.6 Å². The highest BCUT2D eigenvalue weighted by Crippen LogP contribution is 2.43. The zero-order chi connectivity index (χ0) is 42.5. The molecular formula is C48H87O9P. The number of allylic oxidation sites excluding steroid dienone is 10. The number of rotatable bonds is 44. The monoisotopic (exact) mass is 839 g/mol. The summed E-state index contributed by atoms with van der Waals surface area (Å²) in [4.78, 5) is 22.6. The van der Waals surface area contributed by atoms with Crippen LogP contribution >= 0.6 is 7.82 Å². The summed E-state index contributed by atoms with van der Waals surface area (Å²) in [7, 11) is -4.52. The molecule has 0 aromatic carbocycles. The van der Waals surface area contributed by atoms with Gasteiger partial charge in [-0.1, -0.05) is 190 Å². The second-order valence-corrected chi connectivity index (χ2v) is 16.9. The summed E-state index contributed by atoms with van der Waals surface area (Å²) in [6.45, 7) is 3.38. The molecule has 0 radical (unpaired) electrons. The van der Waals surface area contributed by atoms with Crippen LogP contribution < -0.4 is 0 Å². The van der Waals surface area contributed by atoms with E-state index in [1.807, 2.05) is 0 Å². The van der Waals surface area contributed by atoms with Crippen molar-refractivity contribution in [2.45, 2.75) is 206 Å². The Morgan fingerprint density at radius 3 is 1.48 bits per heavy atom. The van der Waals surface area contributed by atoms with Gasteiger partial charge >= 0.3 is 13.8 Å². The van der Waals surface area contributed by atoms with Gasteiger partial charge in [0.05, 0.1) is 26.4 Å². The van der Waals surface area contributed by atoms with Crippen molar-refractivity contribution in [3.8, 4) is 0 Å². The molecule has 0 bridgehead atoms. The van der Waals surface area contributed by atoms with Gasteiger partial charge in [0, 0.05) is 13.0 Å². The average molecular weight is 839 g/mol. The molecule has 3 atom stereocenters. The van der Waals surface area contributed by atoms with E-state index in [1.165, 1.54) is 96.3 Å². The van der Waals surface area contributed by atoms with Gasteiger partial charge in [-0.2, -0.15) is 0 Å². The lowest BCUT2D eigenvalue weighted by Gasteiger charge is -2.20. The van der Waals surface area contributed by atoms with E-state index in [1.54, 1.807) is 0 Å². The first kappa shape index (κ1) is 56.2. The van der Waals surface area contributed by atoms with Crippen molar-refractivity contribution in [2.75, 3.05) is 33.0 Å². The molecule has 0 amide bonds. The summed E-state index contributed by atoms with van der Waals surface area (Å²) in [5.41, 5.74) is 0. The summed E-state index contributed by atoms with van der Waals surface area (Å²) >= 11 is 0. The van der Waals surface area contributed by atoms with Crippen molar-refractivity contribution >= 4 is 13.8 Å². The SMILES string of the molecule is CC/C=C\C/C=C\C/C=C\C/C=C\C/C=C\CCCCCCCCOCC(COP(=O)(O)OCC(O)CO)OC(=O)CCCCCCCCCCCCCCCCC. The van der Waals surface area contributed by atoms with E-state index in [0.29, 0.717) is 6.61 Å². The number of carbonyl (C=O) groups is 1. The summed E-state index contributed by atoms with van der Waals surface area (Å²) in [6.07, 6.45) is 51.8. The second-order valence-electron chi connectivity index (χ2n) is 15.4. The largest absolute Gasteiger partial charge is 0.472 e. The quantitative estimate of drug-likeness (QED) is 0.0237. The summed E-state index contributed by atoms with van der Waals surface area (Å²) < 4.78 is 33.4. The minimum atomic E-state index is -4.52. The zero-order valence-electron chi connectivity index (χ0n) is 37.0. The number of phosphoric ester groups is 1. The fourth-order valence-corrected chi connectivity index (χ4v) is 7.00. The molecule has 0 rings (SSSR count). The fourth-order valence-electron chi connectivity index (χ4n) is 6.21. The standard InChI is InChI=1S/C48H87O9P/c1-3-5-7-9-11-13-15-17-19-20-21-22-23-24-25-27-29-31-33-35-37-39-41-54-44-47(45-56-58(52,53)55-43-46(50)42-49)57-48(51)40-38-36-34-32-30-28-26-18-16-14-12-10-8-6-4-2/h5,7,11,13,17,19,21-22,24-25,46-47,49-50H,3-4,6,8-10,12,14-16,18,20,23,26-45H2,1-2H3,(H,52,53)/b7-5-,13-11-,19-17-,22-21-,25-24-. The Bertz CT molecular complexity index is 1090. The molecule has 0 aromatic rings. The van der Waals surface area contributed by atoms with Crippen molar-refractivity contribution in [1.82, 2.24) is 0 Å². The Balaban J connectivity index is 4.16. The third-order valence-electron chi connectivity index (χ3n) is 9.72. The lowest BCUT2D eigenvalue weighted by Crippen LogP contribution is -2.29. The van der Waals surface area contributed by atoms with E-state index in [4.69, 9.17) is 23.6 Å². The third kappa shape index (κ3) is 43.7. The fraction of sp³-hybridized carbons (Fsp3) is 0.771. The maximum absolute atomic E-state index is 12.6. The molecule has 0 aliphatic rings. The molecule has 0 spiro atoms. The highest BCUT2D eigenvalue weighted by atomic mass is 31.2. The Kier molecular flexibility index (Phi) is 43.3. The molecule has 0 saturated heterocycles. The summed E-state index contributed by atoms with van der Waals surface area (Å²) in [5.74, 6) is -0.388. The van der Waals surface area contributed by atoms with Gasteiger partial charge in [-0.3, -0.25) is 13.8 Å². The van der Waals surface area contributed by atoms with E-state index in [2.05, 4.69) is 74.6 Å². The van der Waals surface area contributed by atoms with Gasteiger partial charge in [0.25, 0.3) is 0 Å². The van der Waals surface area contributed by atoms with E-state index in [0.717, 1.165) is 77.0 Å². The maximum atomic E-state index is 12.6. The number of phosphoric acid groups is 1. The van der Waals surface area contributed by atoms with Crippen LogP contribution in [0.5, 0.6) is 0 Å². The van der Waals surface area contributed by atoms with E-state index in [9.17, 15) is 19.4 Å². The predicted octanol–water partition coefficient (Wildman–Crippen LogP) is 13.1. The molecule has 3 unspecified atom stereocenters. The van der Waals surface area contributed by atoms with Crippen LogP contribution in [-0.4, -0.2) is 66.3 Å². The molecule has 338 valence electrons. The second kappa shape index (κ2) is 44.7. The number of hydrogen-bond donors (Lipinski definition) is 3. The number of unbranched alkanes of at least 4 members (excludes halogenated alkanes) is 20. The van der Waals surface area contributed by atoms with Crippen LogP contribution in [0.4, 0.5) is 0 Å². The Morgan fingerprint density at radius 1 is 0.552 bits per heavy atom. The van der Waals surface area contributed by atoms with Crippen molar-refractivity contribution in [3.63, 3.8) is 0 Å². The molecule has 10 heteroatoms. The molecule has 0 fully saturated rings.